The van der Waals surface area contributed by atoms with Gasteiger partial charge in [0.15, 0.2) is 0 Å². The van der Waals surface area contributed by atoms with Crippen molar-refractivity contribution in [2.24, 2.45) is 5.73 Å². The van der Waals surface area contributed by atoms with E-state index in [-0.39, 0.29) is 18.0 Å². The Hall–Kier alpha value is -1.79. The van der Waals surface area contributed by atoms with Crippen molar-refractivity contribution in [2.45, 2.75) is 13.0 Å². The van der Waals surface area contributed by atoms with E-state index in [1.165, 1.54) is 0 Å². The molecule has 1 atom stereocenters. The Kier molecular flexibility index (Phi) is 5.03. The molecule has 1 aromatic rings. The largest absolute Gasteiger partial charge is 0.368 e. The third kappa shape index (κ3) is 3.86. The van der Waals surface area contributed by atoms with Crippen LogP contribution in [0.2, 0.25) is 5.02 Å². The number of nitrogens with zero attached hydrogens (tertiary/aromatic N) is 2. The Morgan fingerprint density at radius 2 is 1.86 bits per heavy atom. The van der Waals surface area contributed by atoms with Crippen LogP contribution in [0.4, 0.5) is 10.5 Å². The number of para-hydroxylation sites is 1. The smallest absolute Gasteiger partial charge is 0.321 e. The molecule has 3 amide bonds. The molecule has 0 radical (unpaired) electrons. The number of halogens is 1. The SMILES string of the molecule is C[C@@H](C(N)=O)N1CCN(C(=O)Nc2ccccc2Cl)CC1. The Balaban J connectivity index is 1.89. The van der Waals surface area contributed by atoms with E-state index in [0.717, 1.165) is 0 Å². The van der Waals surface area contributed by atoms with E-state index in [2.05, 4.69) is 5.32 Å². The molecule has 6 nitrogen and oxygen atoms in total. The summed E-state index contributed by atoms with van der Waals surface area (Å²) >= 11 is 6.01. The number of rotatable bonds is 3. The standard InChI is InChI=1S/C14H19ClN4O2/c1-10(13(16)20)18-6-8-19(9-7-18)14(21)17-12-5-3-2-4-11(12)15/h2-5,10H,6-9H2,1H3,(H2,16,20)(H,17,21)/t10-/m0/s1. The first kappa shape index (κ1) is 15.6. The Morgan fingerprint density at radius 3 is 2.43 bits per heavy atom. The predicted molar refractivity (Wildman–Crippen MR) is 82.3 cm³/mol. The van der Waals surface area contributed by atoms with Gasteiger partial charge in [0, 0.05) is 26.2 Å². The molecule has 0 aromatic heterocycles. The topological polar surface area (TPSA) is 78.7 Å². The molecule has 0 unspecified atom stereocenters. The lowest BCUT2D eigenvalue weighted by Crippen LogP contribution is -2.55. The summed E-state index contributed by atoms with van der Waals surface area (Å²) in [5, 5.41) is 3.30. The fourth-order valence-electron chi connectivity index (χ4n) is 2.25. The number of carbonyl (C=O) groups excluding carboxylic acids is 2. The molecule has 3 N–H and O–H groups in total. The summed E-state index contributed by atoms with van der Waals surface area (Å²) in [5.41, 5.74) is 5.89. The van der Waals surface area contributed by atoms with Gasteiger partial charge in [0.1, 0.15) is 0 Å². The van der Waals surface area contributed by atoms with E-state index >= 15 is 0 Å². The highest BCUT2D eigenvalue weighted by molar-refractivity contribution is 6.33. The average molecular weight is 311 g/mol. The van der Waals surface area contributed by atoms with Crippen molar-refractivity contribution in [1.29, 1.82) is 0 Å². The first-order chi connectivity index (χ1) is 9.99. The molecule has 7 heteroatoms. The summed E-state index contributed by atoms with van der Waals surface area (Å²) in [5.74, 6) is -0.344. The fourth-order valence-corrected chi connectivity index (χ4v) is 2.43. The number of nitrogens with one attached hydrogen (secondary N) is 1. The number of nitrogens with two attached hydrogens (primary N) is 1. The van der Waals surface area contributed by atoms with E-state index in [1.54, 1.807) is 24.0 Å². The Morgan fingerprint density at radius 1 is 1.24 bits per heavy atom. The van der Waals surface area contributed by atoms with E-state index in [1.807, 2.05) is 17.0 Å². The number of carbonyl (C=O) groups is 2. The van der Waals surface area contributed by atoms with Gasteiger partial charge < -0.3 is 16.0 Å². The van der Waals surface area contributed by atoms with Crippen molar-refractivity contribution in [1.82, 2.24) is 9.80 Å². The highest BCUT2D eigenvalue weighted by atomic mass is 35.5. The Bertz CT molecular complexity index is 529. The van der Waals surface area contributed by atoms with Crippen LogP contribution in [0.25, 0.3) is 0 Å². The minimum atomic E-state index is -0.344. The fraction of sp³-hybridized carbons (Fsp3) is 0.429. The molecule has 21 heavy (non-hydrogen) atoms. The summed E-state index contributed by atoms with van der Waals surface area (Å²) in [6.07, 6.45) is 0. The van der Waals surface area contributed by atoms with Crippen molar-refractivity contribution in [3.8, 4) is 0 Å². The van der Waals surface area contributed by atoms with Gasteiger partial charge in [0.05, 0.1) is 16.8 Å². The third-order valence-electron chi connectivity index (χ3n) is 3.68. The van der Waals surface area contributed by atoms with E-state index in [0.29, 0.717) is 36.9 Å². The maximum absolute atomic E-state index is 12.2. The van der Waals surface area contributed by atoms with Crippen LogP contribution >= 0.6 is 11.6 Å². The number of anilines is 1. The second-order valence-corrected chi connectivity index (χ2v) is 5.42. The maximum atomic E-state index is 12.2. The number of benzene rings is 1. The molecular formula is C14H19ClN4O2. The maximum Gasteiger partial charge on any atom is 0.321 e. The normalized spacial score (nSPS) is 17.3. The molecule has 1 fully saturated rings. The number of piperazine rings is 1. The van der Waals surface area contributed by atoms with Crippen LogP contribution in [0, 0.1) is 0 Å². The quantitative estimate of drug-likeness (QED) is 0.885. The van der Waals surface area contributed by atoms with Gasteiger partial charge in [-0.05, 0) is 19.1 Å². The van der Waals surface area contributed by atoms with Gasteiger partial charge in [0.25, 0.3) is 0 Å². The molecule has 1 aromatic carbocycles. The van der Waals surface area contributed by atoms with Crippen molar-refractivity contribution < 1.29 is 9.59 Å². The van der Waals surface area contributed by atoms with Crippen molar-refractivity contribution in [3.63, 3.8) is 0 Å². The van der Waals surface area contributed by atoms with E-state index in [9.17, 15) is 9.59 Å². The van der Waals surface area contributed by atoms with Crippen molar-refractivity contribution in [2.75, 3.05) is 31.5 Å². The molecule has 114 valence electrons. The molecule has 2 rings (SSSR count). The lowest BCUT2D eigenvalue weighted by atomic mass is 10.2. The molecule has 1 heterocycles. The zero-order valence-corrected chi connectivity index (χ0v) is 12.6. The number of hydrogen-bond donors (Lipinski definition) is 2. The third-order valence-corrected chi connectivity index (χ3v) is 4.01. The van der Waals surface area contributed by atoms with Gasteiger partial charge in [-0.3, -0.25) is 9.69 Å². The summed E-state index contributed by atoms with van der Waals surface area (Å²) in [6.45, 7) is 4.13. The summed E-state index contributed by atoms with van der Waals surface area (Å²) < 4.78 is 0. The molecule has 0 spiro atoms. The zero-order chi connectivity index (χ0) is 15.4. The lowest BCUT2D eigenvalue weighted by Gasteiger charge is -2.36. The predicted octanol–water partition coefficient (Wildman–Crippen LogP) is 1.36. The number of urea groups is 1. The van der Waals surface area contributed by atoms with Crippen LogP contribution in [0.5, 0.6) is 0 Å². The van der Waals surface area contributed by atoms with Crippen LogP contribution in [0.3, 0.4) is 0 Å². The van der Waals surface area contributed by atoms with E-state index < -0.39 is 0 Å². The minimum Gasteiger partial charge on any atom is -0.368 e. The molecule has 1 saturated heterocycles. The second kappa shape index (κ2) is 6.78. The highest BCUT2D eigenvalue weighted by Gasteiger charge is 2.26. The number of primary amides is 1. The van der Waals surface area contributed by atoms with Gasteiger partial charge in [-0.2, -0.15) is 0 Å². The molecule has 1 aliphatic heterocycles. The van der Waals surface area contributed by atoms with Crippen LogP contribution in [0.1, 0.15) is 6.92 Å². The Labute approximate surface area is 128 Å². The molecule has 0 saturated carbocycles. The first-order valence-electron chi connectivity index (χ1n) is 6.83. The number of hydrogen-bond acceptors (Lipinski definition) is 3. The molecule has 0 aliphatic carbocycles. The minimum absolute atomic E-state index is 0.186. The summed E-state index contributed by atoms with van der Waals surface area (Å²) in [6, 6.07) is 6.61. The van der Waals surface area contributed by atoms with Gasteiger partial charge in [0.2, 0.25) is 5.91 Å². The van der Waals surface area contributed by atoms with Crippen LogP contribution in [-0.2, 0) is 4.79 Å². The zero-order valence-electron chi connectivity index (χ0n) is 11.9. The van der Waals surface area contributed by atoms with Gasteiger partial charge in [-0.1, -0.05) is 23.7 Å². The second-order valence-electron chi connectivity index (χ2n) is 5.01. The average Bonchev–Trinajstić information content (AvgIpc) is 2.49. The van der Waals surface area contributed by atoms with Crippen LogP contribution in [0.15, 0.2) is 24.3 Å². The monoisotopic (exact) mass is 310 g/mol. The lowest BCUT2D eigenvalue weighted by molar-refractivity contribution is -0.123. The van der Waals surface area contributed by atoms with Crippen LogP contribution < -0.4 is 11.1 Å². The van der Waals surface area contributed by atoms with Crippen LogP contribution in [-0.4, -0.2) is 54.0 Å². The van der Waals surface area contributed by atoms with Crippen molar-refractivity contribution in [3.05, 3.63) is 29.3 Å². The molecule has 1 aliphatic rings. The first-order valence-corrected chi connectivity index (χ1v) is 7.20. The van der Waals surface area contributed by atoms with Gasteiger partial charge >= 0.3 is 6.03 Å². The molecule has 0 bridgehead atoms. The highest BCUT2D eigenvalue weighted by Crippen LogP contribution is 2.21. The molecular weight excluding hydrogens is 292 g/mol. The van der Waals surface area contributed by atoms with Gasteiger partial charge in [-0.25, -0.2) is 4.79 Å². The van der Waals surface area contributed by atoms with Crippen molar-refractivity contribution >= 4 is 29.2 Å². The van der Waals surface area contributed by atoms with Gasteiger partial charge in [-0.15, -0.1) is 0 Å². The van der Waals surface area contributed by atoms with E-state index in [4.69, 9.17) is 17.3 Å². The summed E-state index contributed by atoms with van der Waals surface area (Å²) in [4.78, 5) is 27.0. The number of amides is 3. The summed E-state index contributed by atoms with van der Waals surface area (Å²) in [7, 11) is 0.